The monoisotopic (exact) mass is 901 g/mol. The molecule has 0 bridgehead atoms. The second kappa shape index (κ2) is 22.2. The molecule has 0 spiro atoms. The Balaban J connectivity index is 1.13. The summed E-state index contributed by atoms with van der Waals surface area (Å²) in [5.41, 5.74) is 3.92. The molecular weight excluding hydrogens is 842 g/mol. The number of halogens is 1. The highest BCUT2D eigenvalue weighted by molar-refractivity contribution is 5.99. The lowest BCUT2D eigenvalue weighted by Crippen LogP contribution is -2.56. The predicted octanol–water partition coefficient (Wildman–Crippen LogP) is 4.69. The molecule has 6 rings (SSSR count). The number of alkyl carbamates (subject to hydrolysis) is 1. The molecule has 0 radical (unpaired) electrons. The van der Waals surface area contributed by atoms with Crippen LogP contribution in [0.15, 0.2) is 72.8 Å². The van der Waals surface area contributed by atoms with Gasteiger partial charge in [-0.1, -0.05) is 24.3 Å². The number of nitrogens with zero attached hydrogens (tertiary/aromatic N) is 3. The number of rotatable bonds is 17. The van der Waals surface area contributed by atoms with Crippen LogP contribution >= 0.6 is 0 Å². The zero-order chi connectivity index (χ0) is 46.8. The second-order valence-corrected chi connectivity index (χ2v) is 16.5. The molecule has 0 aliphatic carbocycles. The lowest BCUT2D eigenvalue weighted by molar-refractivity contribution is -0.143. The van der Waals surface area contributed by atoms with Gasteiger partial charge in [0.25, 0.3) is 0 Å². The van der Waals surface area contributed by atoms with Crippen molar-refractivity contribution in [2.75, 3.05) is 63.6 Å². The van der Waals surface area contributed by atoms with Crippen molar-refractivity contribution < 1.29 is 52.1 Å². The standard InChI is InChI=1S/C47H60FN7O10/c1-28(62-3)41(49-27-40(56)64-5)45(59)53-25-7-9-38(53)43(57)50-33-17-11-30(12-18-33)36-23-24-37(55(36)35-21-15-32(48)16-22-35)31-13-19-34(20-14-31)51-44(58)39-10-8-26-54(39)46(60)42(29(2)63-4)52-47(61)65-6/h11-22,28-29,36-39,41-42,49H,7-10,23-27H2,1-6H3,(H,50,57)(H,51,58)(H,52,61)/t28-,29-,36-,37-,38+,39+,41?,42+/m1/s1. The van der Waals surface area contributed by atoms with Gasteiger partial charge in [0, 0.05) is 44.4 Å². The Labute approximate surface area is 378 Å². The van der Waals surface area contributed by atoms with E-state index in [4.69, 9.17) is 18.9 Å². The molecule has 3 heterocycles. The van der Waals surface area contributed by atoms with Crippen LogP contribution in [0.1, 0.15) is 75.6 Å². The highest BCUT2D eigenvalue weighted by Gasteiger charge is 2.42. The van der Waals surface area contributed by atoms with Gasteiger partial charge >= 0.3 is 12.1 Å². The minimum absolute atomic E-state index is 0.0982. The van der Waals surface area contributed by atoms with Gasteiger partial charge in [-0.3, -0.25) is 29.3 Å². The van der Waals surface area contributed by atoms with Gasteiger partial charge in [0.2, 0.25) is 23.6 Å². The molecule has 3 saturated heterocycles. The number of ether oxygens (including phenoxy) is 4. The summed E-state index contributed by atoms with van der Waals surface area (Å²) in [5.74, 6) is -2.31. The number of likely N-dealkylation sites (tertiary alicyclic amines) is 2. The van der Waals surface area contributed by atoms with Crippen molar-refractivity contribution in [2.45, 2.75) is 101 Å². The summed E-state index contributed by atoms with van der Waals surface area (Å²) in [7, 11) is 5.38. The third kappa shape index (κ3) is 11.4. The molecule has 3 aromatic rings. The van der Waals surface area contributed by atoms with Gasteiger partial charge in [-0.2, -0.15) is 0 Å². The van der Waals surface area contributed by atoms with E-state index in [9.17, 15) is 33.2 Å². The SMILES string of the molecule is COC(=O)CNC(C(=O)N1CCC[C@H]1C(=O)Nc1ccc([C@H]2CC[C@H](c3ccc(NC(=O)[C@@H]4CCCN4C(=O)[C@@H](NC(=O)OC)[C@@H](C)OC)cc3)N2c2ccc(F)cc2)cc1)[C@@H](C)OC. The number of nitrogens with one attached hydrogen (secondary N) is 4. The lowest BCUT2D eigenvalue weighted by atomic mass is 10.0. The van der Waals surface area contributed by atoms with Crippen LogP contribution in [0.5, 0.6) is 0 Å². The zero-order valence-corrected chi connectivity index (χ0v) is 37.7. The number of esters is 1. The lowest BCUT2D eigenvalue weighted by Gasteiger charge is -2.33. The summed E-state index contributed by atoms with van der Waals surface area (Å²) in [4.78, 5) is 83.7. The first-order valence-corrected chi connectivity index (χ1v) is 21.9. The Morgan fingerprint density at radius 2 is 1.09 bits per heavy atom. The highest BCUT2D eigenvalue weighted by atomic mass is 19.1. The van der Waals surface area contributed by atoms with Crippen molar-refractivity contribution in [2.24, 2.45) is 0 Å². The fourth-order valence-electron chi connectivity index (χ4n) is 8.99. The van der Waals surface area contributed by atoms with E-state index in [0.29, 0.717) is 50.1 Å². The van der Waals surface area contributed by atoms with E-state index < -0.39 is 54.3 Å². The van der Waals surface area contributed by atoms with Crippen LogP contribution in [0.3, 0.4) is 0 Å². The average molecular weight is 902 g/mol. The molecule has 3 aromatic carbocycles. The van der Waals surface area contributed by atoms with Gasteiger partial charge in [0.05, 0.1) is 45.1 Å². The summed E-state index contributed by atoms with van der Waals surface area (Å²) in [6, 6.07) is 18.0. The molecule has 17 nitrogen and oxygen atoms in total. The van der Waals surface area contributed by atoms with Crippen LogP contribution < -0.4 is 26.2 Å². The fourth-order valence-corrected chi connectivity index (χ4v) is 8.99. The number of carbonyl (C=O) groups excluding carboxylic acids is 6. The number of benzene rings is 3. The van der Waals surface area contributed by atoms with E-state index >= 15 is 0 Å². The molecule has 3 fully saturated rings. The average Bonchev–Trinajstić information content (AvgIpc) is 4.12. The second-order valence-electron chi connectivity index (χ2n) is 16.5. The van der Waals surface area contributed by atoms with Gasteiger partial charge in [0.1, 0.15) is 30.0 Å². The fraction of sp³-hybridized carbons (Fsp3) is 0.489. The van der Waals surface area contributed by atoms with Gasteiger partial charge in [-0.15, -0.1) is 0 Å². The first-order chi connectivity index (χ1) is 31.3. The van der Waals surface area contributed by atoms with Crippen LogP contribution in [0.2, 0.25) is 0 Å². The summed E-state index contributed by atoms with van der Waals surface area (Å²) < 4.78 is 34.4. The van der Waals surface area contributed by atoms with E-state index in [2.05, 4.69) is 26.2 Å². The van der Waals surface area contributed by atoms with Crippen molar-refractivity contribution in [1.82, 2.24) is 20.4 Å². The Bertz CT molecular complexity index is 2140. The molecule has 4 N–H and O–H groups in total. The summed E-state index contributed by atoms with van der Waals surface area (Å²) in [6.07, 6.45) is 1.73. The number of hydrogen-bond donors (Lipinski definition) is 4. The van der Waals surface area contributed by atoms with Crippen molar-refractivity contribution in [3.63, 3.8) is 0 Å². The molecule has 0 saturated carbocycles. The quantitative estimate of drug-likeness (QED) is 0.137. The first kappa shape index (κ1) is 48.3. The van der Waals surface area contributed by atoms with Crippen LogP contribution in [0.4, 0.5) is 26.2 Å². The van der Waals surface area contributed by atoms with Crippen molar-refractivity contribution >= 4 is 52.8 Å². The molecule has 5 amide bonds. The number of hydrogen-bond acceptors (Lipinski definition) is 12. The number of amides is 5. The molecule has 0 aromatic heterocycles. The molecule has 65 heavy (non-hydrogen) atoms. The van der Waals surface area contributed by atoms with Crippen LogP contribution in [-0.2, 0) is 42.9 Å². The third-order valence-electron chi connectivity index (χ3n) is 12.7. The topological polar surface area (TPSA) is 197 Å². The number of anilines is 3. The van der Waals surface area contributed by atoms with E-state index in [0.717, 1.165) is 29.7 Å². The van der Waals surface area contributed by atoms with E-state index in [1.165, 1.54) is 50.4 Å². The minimum atomic E-state index is -1.04. The minimum Gasteiger partial charge on any atom is -0.468 e. The number of carbonyl (C=O) groups is 6. The molecule has 3 aliphatic heterocycles. The molecule has 8 atom stereocenters. The van der Waals surface area contributed by atoms with Crippen molar-refractivity contribution in [1.29, 1.82) is 0 Å². The van der Waals surface area contributed by atoms with Crippen LogP contribution in [-0.4, -0.2) is 130 Å². The van der Waals surface area contributed by atoms with E-state index in [-0.39, 0.29) is 42.2 Å². The van der Waals surface area contributed by atoms with E-state index in [1.807, 2.05) is 48.5 Å². The van der Waals surface area contributed by atoms with Crippen molar-refractivity contribution in [3.05, 3.63) is 89.7 Å². The Kier molecular flexibility index (Phi) is 16.5. The van der Waals surface area contributed by atoms with Gasteiger partial charge < -0.3 is 49.6 Å². The molecule has 1 unspecified atom stereocenters. The Morgan fingerprint density at radius 1 is 0.631 bits per heavy atom. The summed E-state index contributed by atoms with van der Waals surface area (Å²) >= 11 is 0. The Hall–Kier alpha value is -6.11. The largest absolute Gasteiger partial charge is 0.468 e. The Morgan fingerprint density at radius 3 is 1.54 bits per heavy atom. The van der Waals surface area contributed by atoms with Gasteiger partial charge in [-0.05, 0) is 112 Å². The zero-order valence-electron chi connectivity index (χ0n) is 37.7. The van der Waals surface area contributed by atoms with Gasteiger partial charge in [-0.25, -0.2) is 9.18 Å². The van der Waals surface area contributed by atoms with Gasteiger partial charge in [0.15, 0.2) is 0 Å². The van der Waals surface area contributed by atoms with E-state index in [1.54, 1.807) is 26.0 Å². The molecular formula is C47H60FN7O10. The molecule has 18 heteroatoms. The smallest absolute Gasteiger partial charge is 0.407 e. The first-order valence-electron chi connectivity index (χ1n) is 21.9. The maximum atomic E-state index is 14.2. The molecule has 3 aliphatic rings. The molecule has 350 valence electrons. The summed E-state index contributed by atoms with van der Waals surface area (Å²) in [5, 5.41) is 11.4. The normalized spacial score (nSPS) is 21.2. The van der Waals surface area contributed by atoms with Crippen LogP contribution in [0.25, 0.3) is 0 Å². The van der Waals surface area contributed by atoms with Crippen LogP contribution in [0, 0.1) is 5.82 Å². The summed E-state index contributed by atoms with van der Waals surface area (Å²) in [6.45, 7) is 3.92. The van der Waals surface area contributed by atoms with Crippen molar-refractivity contribution in [3.8, 4) is 0 Å². The number of methoxy groups -OCH3 is 4. The predicted molar refractivity (Wildman–Crippen MR) is 239 cm³/mol. The highest BCUT2D eigenvalue weighted by Crippen LogP contribution is 2.47. The third-order valence-corrected chi connectivity index (χ3v) is 12.7. The maximum absolute atomic E-state index is 14.2. The maximum Gasteiger partial charge on any atom is 0.407 e.